The van der Waals surface area contributed by atoms with Crippen LogP contribution in [0.4, 0.5) is 5.69 Å². The van der Waals surface area contributed by atoms with E-state index in [0.717, 1.165) is 11.1 Å². The highest BCUT2D eigenvalue weighted by molar-refractivity contribution is 6.05. The van der Waals surface area contributed by atoms with Crippen LogP contribution >= 0.6 is 0 Å². The normalized spacial score (nSPS) is 10.3. The number of pyridine rings is 2. The fourth-order valence-corrected chi connectivity index (χ4v) is 2.40. The van der Waals surface area contributed by atoms with E-state index < -0.39 is 0 Å². The smallest absolute Gasteiger partial charge is 0.257 e. The number of benzene rings is 1. The standard InChI is InChI=1S/C20H19N3O2/c1-3-25-20-18(5-4-10-22-20)23-19(24)17-11-16(12-21-13-17)15-8-6-14(2)7-9-15/h4-13H,3H2,1-2H3,(H,23,24). The van der Waals surface area contributed by atoms with Gasteiger partial charge in [-0.05, 0) is 37.6 Å². The quantitative estimate of drug-likeness (QED) is 0.763. The number of carbonyl (C=O) groups is 1. The van der Waals surface area contributed by atoms with Gasteiger partial charge in [-0.1, -0.05) is 29.8 Å². The fraction of sp³-hybridized carbons (Fsp3) is 0.150. The molecule has 126 valence electrons. The maximum absolute atomic E-state index is 12.6. The molecule has 1 N–H and O–H groups in total. The zero-order valence-corrected chi connectivity index (χ0v) is 14.2. The zero-order valence-electron chi connectivity index (χ0n) is 14.2. The van der Waals surface area contributed by atoms with Crippen LogP contribution in [0.1, 0.15) is 22.8 Å². The monoisotopic (exact) mass is 333 g/mol. The molecule has 0 aliphatic rings. The Bertz CT molecular complexity index is 876. The van der Waals surface area contributed by atoms with Crippen molar-refractivity contribution < 1.29 is 9.53 Å². The van der Waals surface area contributed by atoms with Crippen LogP contribution in [0.5, 0.6) is 5.88 Å². The van der Waals surface area contributed by atoms with Gasteiger partial charge in [0.2, 0.25) is 5.88 Å². The molecule has 0 unspecified atom stereocenters. The van der Waals surface area contributed by atoms with E-state index in [4.69, 9.17) is 4.74 Å². The fourth-order valence-electron chi connectivity index (χ4n) is 2.40. The number of rotatable bonds is 5. The van der Waals surface area contributed by atoms with Crippen LogP contribution in [0.25, 0.3) is 11.1 Å². The van der Waals surface area contributed by atoms with Gasteiger partial charge >= 0.3 is 0 Å². The molecule has 0 saturated heterocycles. The Morgan fingerprint density at radius 2 is 1.92 bits per heavy atom. The van der Waals surface area contributed by atoms with Crippen molar-refractivity contribution in [2.24, 2.45) is 0 Å². The third kappa shape index (κ3) is 4.01. The summed E-state index contributed by atoms with van der Waals surface area (Å²) in [5, 5.41) is 2.83. The number of hydrogen-bond acceptors (Lipinski definition) is 4. The molecule has 2 aromatic heterocycles. The third-order valence-electron chi connectivity index (χ3n) is 3.69. The summed E-state index contributed by atoms with van der Waals surface area (Å²) >= 11 is 0. The van der Waals surface area contributed by atoms with Crippen molar-refractivity contribution in [2.45, 2.75) is 13.8 Å². The average molecular weight is 333 g/mol. The Morgan fingerprint density at radius 1 is 1.12 bits per heavy atom. The Labute approximate surface area is 146 Å². The Kier molecular flexibility index (Phi) is 5.04. The van der Waals surface area contributed by atoms with Crippen molar-refractivity contribution in [3.05, 3.63) is 72.2 Å². The van der Waals surface area contributed by atoms with Gasteiger partial charge < -0.3 is 10.1 Å². The van der Waals surface area contributed by atoms with Crippen molar-refractivity contribution in [3.8, 4) is 17.0 Å². The number of amides is 1. The van der Waals surface area contributed by atoms with Crippen LogP contribution in [0.15, 0.2) is 61.1 Å². The van der Waals surface area contributed by atoms with Gasteiger partial charge in [0.05, 0.1) is 12.2 Å². The minimum absolute atomic E-state index is 0.254. The van der Waals surface area contributed by atoms with E-state index in [9.17, 15) is 4.79 Å². The molecule has 0 bridgehead atoms. The van der Waals surface area contributed by atoms with Crippen LogP contribution < -0.4 is 10.1 Å². The summed E-state index contributed by atoms with van der Waals surface area (Å²) in [6.45, 7) is 4.38. The lowest BCUT2D eigenvalue weighted by atomic mass is 10.0. The minimum Gasteiger partial charge on any atom is -0.476 e. The second-order valence-corrected chi connectivity index (χ2v) is 5.57. The van der Waals surface area contributed by atoms with E-state index in [1.54, 1.807) is 30.7 Å². The van der Waals surface area contributed by atoms with E-state index in [0.29, 0.717) is 23.7 Å². The van der Waals surface area contributed by atoms with Crippen LogP contribution in [0.3, 0.4) is 0 Å². The van der Waals surface area contributed by atoms with E-state index in [2.05, 4.69) is 15.3 Å². The molecule has 5 nitrogen and oxygen atoms in total. The summed E-state index contributed by atoms with van der Waals surface area (Å²) in [5.41, 5.74) is 4.11. The second kappa shape index (κ2) is 7.57. The number of nitrogens with zero attached hydrogens (tertiary/aromatic N) is 2. The highest BCUT2D eigenvalue weighted by Crippen LogP contribution is 2.23. The average Bonchev–Trinajstić information content (AvgIpc) is 2.64. The van der Waals surface area contributed by atoms with Gasteiger partial charge in [-0.2, -0.15) is 0 Å². The SMILES string of the molecule is CCOc1ncccc1NC(=O)c1cncc(-c2ccc(C)cc2)c1. The first-order valence-corrected chi connectivity index (χ1v) is 8.08. The number of anilines is 1. The first-order chi connectivity index (χ1) is 12.2. The first kappa shape index (κ1) is 16.6. The topological polar surface area (TPSA) is 64.1 Å². The zero-order chi connectivity index (χ0) is 17.6. The molecule has 0 fully saturated rings. The molecule has 1 amide bonds. The van der Waals surface area contributed by atoms with Crippen molar-refractivity contribution in [3.63, 3.8) is 0 Å². The molecular weight excluding hydrogens is 314 g/mol. The molecule has 5 heteroatoms. The van der Waals surface area contributed by atoms with Gasteiger partial charge in [-0.25, -0.2) is 4.98 Å². The Hall–Kier alpha value is -3.21. The highest BCUT2D eigenvalue weighted by atomic mass is 16.5. The van der Waals surface area contributed by atoms with Gasteiger partial charge in [-0.15, -0.1) is 0 Å². The Balaban J connectivity index is 1.84. The highest BCUT2D eigenvalue weighted by Gasteiger charge is 2.12. The molecule has 2 heterocycles. The van der Waals surface area contributed by atoms with Gasteiger partial charge in [-0.3, -0.25) is 9.78 Å². The van der Waals surface area contributed by atoms with Crippen LogP contribution in [-0.4, -0.2) is 22.5 Å². The van der Waals surface area contributed by atoms with Crippen molar-refractivity contribution in [2.75, 3.05) is 11.9 Å². The molecule has 1 aromatic carbocycles. The molecule has 0 aliphatic carbocycles. The molecule has 0 atom stereocenters. The van der Waals surface area contributed by atoms with Gasteiger partial charge in [0.1, 0.15) is 5.69 Å². The lowest BCUT2D eigenvalue weighted by molar-refractivity contribution is 0.102. The number of aryl methyl sites for hydroxylation is 1. The summed E-state index contributed by atoms with van der Waals surface area (Å²) in [6.07, 6.45) is 4.92. The molecule has 3 aromatic rings. The summed E-state index contributed by atoms with van der Waals surface area (Å²) in [5.74, 6) is 0.149. The molecular formula is C20H19N3O2. The molecule has 0 aliphatic heterocycles. The van der Waals surface area contributed by atoms with E-state index in [1.807, 2.05) is 44.2 Å². The largest absolute Gasteiger partial charge is 0.476 e. The third-order valence-corrected chi connectivity index (χ3v) is 3.69. The van der Waals surface area contributed by atoms with Gasteiger partial charge in [0, 0.05) is 24.2 Å². The Morgan fingerprint density at radius 3 is 2.68 bits per heavy atom. The molecule has 0 spiro atoms. The predicted molar refractivity (Wildman–Crippen MR) is 97.8 cm³/mol. The summed E-state index contributed by atoms with van der Waals surface area (Å²) in [4.78, 5) is 20.9. The summed E-state index contributed by atoms with van der Waals surface area (Å²) < 4.78 is 5.44. The number of nitrogens with one attached hydrogen (secondary N) is 1. The molecule has 25 heavy (non-hydrogen) atoms. The first-order valence-electron chi connectivity index (χ1n) is 8.08. The van der Waals surface area contributed by atoms with Crippen LogP contribution in [0, 0.1) is 6.92 Å². The van der Waals surface area contributed by atoms with Crippen LogP contribution in [0.2, 0.25) is 0 Å². The van der Waals surface area contributed by atoms with Crippen LogP contribution in [-0.2, 0) is 0 Å². The van der Waals surface area contributed by atoms with E-state index >= 15 is 0 Å². The molecule has 0 saturated carbocycles. The van der Waals surface area contributed by atoms with Gasteiger partial charge in [0.25, 0.3) is 5.91 Å². The maximum atomic E-state index is 12.6. The number of ether oxygens (including phenoxy) is 1. The van der Waals surface area contributed by atoms with Crippen molar-refractivity contribution in [1.29, 1.82) is 0 Å². The minimum atomic E-state index is -0.254. The number of hydrogen-bond donors (Lipinski definition) is 1. The van der Waals surface area contributed by atoms with E-state index in [1.165, 1.54) is 5.56 Å². The summed E-state index contributed by atoms with van der Waals surface area (Å²) in [6, 6.07) is 13.4. The number of aromatic nitrogens is 2. The second-order valence-electron chi connectivity index (χ2n) is 5.57. The predicted octanol–water partition coefficient (Wildman–Crippen LogP) is 4.10. The maximum Gasteiger partial charge on any atom is 0.257 e. The molecule has 3 rings (SSSR count). The lowest BCUT2D eigenvalue weighted by Crippen LogP contribution is -2.13. The van der Waals surface area contributed by atoms with Crippen molar-refractivity contribution in [1.82, 2.24) is 9.97 Å². The summed E-state index contributed by atoms with van der Waals surface area (Å²) in [7, 11) is 0. The molecule has 0 radical (unpaired) electrons. The van der Waals surface area contributed by atoms with Crippen molar-refractivity contribution >= 4 is 11.6 Å². The number of carbonyl (C=O) groups excluding carboxylic acids is 1. The van der Waals surface area contributed by atoms with E-state index in [-0.39, 0.29) is 5.91 Å². The lowest BCUT2D eigenvalue weighted by Gasteiger charge is -2.10. The van der Waals surface area contributed by atoms with Gasteiger partial charge in [0.15, 0.2) is 0 Å².